The molecule has 1 atom stereocenters. The number of fused-ring (bicyclic) bond motifs is 1. The van der Waals surface area contributed by atoms with Gasteiger partial charge in [-0.25, -0.2) is 0 Å². The zero-order valence-electron chi connectivity index (χ0n) is 13.4. The summed E-state index contributed by atoms with van der Waals surface area (Å²) in [5.74, 6) is 0.130. The first kappa shape index (κ1) is 15.7. The second kappa shape index (κ2) is 6.92. The second-order valence-corrected chi connectivity index (χ2v) is 5.99. The number of nitriles is 1. The molecular weight excluding hydrogens is 294 g/mol. The van der Waals surface area contributed by atoms with Crippen molar-refractivity contribution in [2.75, 3.05) is 37.7 Å². The van der Waals surface area contributed by atoms with Gasteiger partial charge in [0.1, 0.15) is 5.92 Å². The van der Waals surface area contributed by atoms with Crippen LogP contribution in [0.2, 0.25) is 0 Å². The van der Waals surface area contributed by atoms with Crippen molar-refractivity contribution >= 4 is 11.7 Å². The van der Waals surface area contributed by atoms with E-state index in [4.69, 9.17) is 10.00 Å². The summed E-state index contributed by atoms with van der Waals surface area (Å²) >= 11 is 0. The molecule has 3 rings (SSSR count). The molecule has 0 aromatic carbocycles. The van der Waals surface area contributed by atoms with Gasteiger partial charge in [-0.2, -0.15) is 10.4 Å². The minimum Gasteiger partial charge on any atom is -0.380 e. The molecule has 1 amide bonds. The predicted molar refractivity (Wildman–Crippen MR) is 83.6 cm³/mol. The molecule has 1 unspecified atom stereocenters. The molecule has 1 aromatic rings. The van der Waals surface area contributed by atoms with Gasteiger partial charge < -0.3 is 14.5 Å². The van der Waals surface area contributed by atoms with Crippen molar-refractivity contribution in [1.29, 1.82) is 5.26 Å². The number of anilines is 1. The van der Waals surface area contributed by atoms with Crippen LogP contribution >= 0.6 is 0 Å². The largest absolute Gasteiger partial charge is 0.380 e. The lowest BCUT2D eigenvalue weighted by Gasteiger charge is -2.30. The predicted octanol–water partition coefficient (Wildman–Crippen LogP) is 0.748. The van der Waals surface area contributed by atoms with Crippen LogP contribution < -0.4 is 4.90 Å². The molecule has 0 bridgehead atoms. The van der Waals surface area contributed by atoms with Crippen LogP contribution in [-0.2, 0) is 22.5 Å². The van der Waals surface area contributed by atoms with E-state index >= 15 is 0 Å². The highest BCUT2D eigenvalue weighted by Gasteiger charge is 2.26. The summed E-state index contributed by atoms with van der Waals surface area (Å²) in [6, 6.07) is 4.05. The monoisotopic (exact) mass is 315 g/mol. The molecule has 0 radical (unpaired) electrons. The van der Waals surface area contributed by atoms with Gasteiger partial charge in [-0.3, -0.25) is 4.79 Å². The summed E-state index contributed by atoms with van der Waals surface area (Å²) in [5, 5.41) is 17.6. The molecule has 1 saturated heterocycles. The summed E-state index contributed by atoms with van der Waals surface area (Å²) in [4.78, 5) is 16.1. The van der Waals surface area contributed by atoms with Crippen molar-refractivity contribution in [1.82, 2.24) is 15.1 Å². The average molecular weight is 315 g/mol. The van der Waals surface area contributed by atoms with E-state index < -0.39 is 5.92 Å². The van der Waals surface area contributed by atoms with Crippen molar-refractivity contribution in [2.24, 2.45) is 5.92 Å². The van der Waals surface area contributed by atoms with E-state index in [1.54, 1.807) is 11.8 Å². The van der Waals surface area contributed by atoms with Crippen molar-refractivity contribution in [2.45, 2.75) is 26.3 Å². The molecule has 1 aromatic heterocycles. The third kappa shape index (κ3) is 3.42. The van der Waals surface area contributed by atoms with E-state index in [0.29, 0.717) is 26.1 Å². The van der Waals surface area contributed by atoms with Crippen LogP contribution in [0.25, 0.3) is 0 Å². The Labute approximate surface area is 135 Å². The van der Waals surface area contributed by atoms with Crippen LogP contribution in [0.4, 0.5) is 5.82 Å². The summed E-state index contributed by atoms with van der Waals surface area (Å²) in [5.41, 5.74) is 1.98. The number of carbonyl (C=O) groups excluding carboxylic acids is 1. The molecule has 3 heterocycles. The summed E-state index contributed by atoms with van der Waals surface area (Å²) in [6.07, 6.45) is 1.67. The van der Waals surface area contributed by atoms with Crippen LogP contribution in [0.5, 0.6) is 0 Å². The highest BCUT2D eigenvalue weighted by atomic mass is 16.5. The Hall–Kier alpha value is -2.20. The van der Waals surface area contributed by atoms with Crippen molar-refractivity contribution in [3.63, 3.8) is 0 Å². The lowest BCUT2D eigenvalue weighted by molar-refractivity contribution is -0.134. The number of nitrogens with zero attached hydrogens (tertiary/aromatic N) is 5. The molecule has 7 heteroatoms. The Morgan fingerprint density at radius 2 is 2.22 bits per heavy atom. The number of ether oxygens (including phenoxy) is 1. The van der Waals surface area contributed by atoms with Gasteiger partial charge >= 0.3 is 0 Å². The highest BCUT2D eigenvalue weighted by molar-refractivity contribution is 5.81. The lowest BCUT2D eigenvalue weighted by atomic mass is 10.0. The van der Waals surface area contributed by atoms with Crippen molar-refractivity contribution in [3.8, 4) is 6.07 Å². The van der Waals surface area contributed by atoms with E-state index in [1.807, 2.05) is 12.1 Å². The fraction of sp³-hybridized carbons (Fsp3) is 0.625. The standard InChI is InChI=1S/C16H21N5O2/c1-12(10-17)16(22)21-5-3-14-13(11-21)9-15(19-18-14)20-4-2-7-23-8-6-20/h9,12H,2-8,11H2,1H3. The van der Waals surface area contributed by atoms with Gasteiger partial charge in [0.2, 0.25) is 5.91 Å². The van der Waals surface area contributed by atoms with Gasteiger partial charge in [0.15, 0.2) is 5.82 Å². The lowest BCUT2D eigenvalue weighted by Crippen LogP contribution is -2.39. The number of aromatic nitrogens is 2. The highest BCUT2D eigenvalue weighted by Crippen LogP contribution is 2.22. The number of rotatable bonds is 2. The van der Waals surface area contributed by atoms with Crippen molar-refractivity contribution < 1.29 is 9.53 Å². The van der Waals surface area contributed by atoms with E-state index in [2.05, 4.69) is 15.1 Å². The van der Waals surface area contributed by atoms with Gasteiger partial charge in [0, 0.05) is 39.2 Å². The van der Waals surface area contributed by atoms with Crippen LogP contribution in [0, 0.1) is 17.2 Å². The maximum atomic E-state index is 12.2. The maximum absolute atomic E-state index is 12.2. The van der Waals surface area contributed by atoms with E-state index in [0.717, 1.165) is 43.2 Å². The molecular formula is C16H21N5O2. The fourth-order valence-electron chi connectivity index (χ4n) is 2.96. The average Bonchev–Trinajstić information content (AvgIpc) is 2.88. The van der Waals surface area contributed by atoms with Crippen LogP contribution in [0.15, 0.2) is 6.07 Å². The van der Waals surface area contributed by atoms with Crippen LogP contribution in [0.3, 0.4) is 0 Å². The van der Waals surface area contributed by atoms with Gasteiger partial charge in [-0.15, -0.1) is 5.10 Å². The second-order valence-electron chi connectivity index (χ2n) is 5.99. The normalized spacial score (nSPS) is 19.5. The van der Waals surface area contributed by atoms with Gasteiger partial charge in [0.05, 0.1) is 18.4 Å². The Bertz CT molecular complexity index is 619. The SMILES string of the molecule is CC(C#N)C(=O)N1CCc2nnc(N3CCCOCC3)cc2C1. The molecule has 0 N–H and O–H groups in total. The molecule has 0 saturated carbocycles. The Morgan fingerprint density at radius 3 is 3.04 bits per heavy atom. The minimum atomic E-state index is -0.603. The van der Waals surface area contributed by atoms with Crippen LogP contribution in [0.1, 0.15) is 24.6 Å². The zero-order chi connectivity index (χ0) is 16.2. The molecule has 122 valence electrons. The quantitative estimate of drug-likeness (QED) is 0.801. The summed E-state index contributed by atoms with van der Waals surface area (Å²) < 4.78 is 5.47. The topological polar surface area (TPSA) is 82.3 Å². The third-order valence-electron chi connectivity index (χ3n) is 4.35. The Kier molecular flexibility index (Phi) is 4.72. The number of carbonyl (C=O) groups is 1. The Balaban J connectivity index is 1.77. The molecule has 0 spiro atoms. The summed E-state index contributed by atoms with van der Waals surface area (Å²) in [7, 11) is 0. The molecule has 2 aliphatic rings. The third-order valence-corrected chi connectivity index (χ3v) is 4.35. The van der Waals surface area contributed by atoms with Crippen LogP contribution in [-0.4, -0.2) is 53.9 Å². The molecule has 7 nitrogen and oxygen atoms in total. The molecule has 0 aliphatic carbocycles. The Morgan fingerprint density at radius 1 is 1.35 bits per heavy atom. The van der Waals surface area contributed by atoms with E-state index in [1.165, 1.54) is 0 Å². The maximum Gasteiger partial charge on any atom is 0.239 e. The fourth-order valence-corrected chi connectivity index (χ4v) is 2.96. The van der Waals surface area contributed by atoms with Gasteiger partial charge in [-0.05, 0) is 25.0 Å². The first-order valence-corrected chi connectivity index (χ1v) is 8.05. The van der Waals surface area contributed by atoms with Gasteiger partial charge in [0.25, 0.3) is 0 Å². The van der Waals surface area contributed by atoms with Gasteiger partial charge in [-0.1, -0.05) is 0 Å². The number of hydrogen-bond donors (Lipinski definition) is 0. The zero-order valence-corrected chi connectivity index (χ0v) is 13.4. The smallest absolute Gasteiger partial charge is 0.239 e. The molecule has 1 fully saturated rings. The van der Waals surface area contributed by atoms with E-state index in [9.17, 15) is 4.79 Å². The molecule has 2 aliphatic heterocycles. The minimum absolute atomic E-state index is 0.111. The summed E-state index contributed by atoms with van der Waals surface area (Å²) in [6.45, 7) is 5.94. The van der Waals surface area contributed by atoms with Crippen molar-refractivity contribution in [3.05, 3.63) is 17.3 Å². The number of amides is 1. The first-order valence-electron chi connectivity index (χ1n) is 8.05. The first-order chi connectivity index (χ1) is 11.2. The van der Waals surface area contributed by atoms with E-state index in [-0.39, 0.29) is 5.91 Å². The number of hydrogen-bond acceptors (Lipinski definition) is 6. The molecule has 23 heavy (non-hydrogen) atoms.